The minimum atomic E-state index is -4.34. The van der Waals surface area contributed by atoms with Crippen LogP contribution in [-0.2, 0) is 19.7 Å². The largest absolute Gasteiger partial charge is 1.00 e. The SMILES string of the molecule is O=C([O-])CN1C(=O)/C(=C2/Sc3ccccc3N2CCCS(=O)(=O)[O-])SC1=S.[Na+].[Na+]. The number of nitrogens with zero attached hydrogens (tertiary/aromatic N) is 2. The molecule has 0 aliphatic carbocycles. The van der Waals surface area contributed by atoms with E-state index in [2.05, 4.69) is 0 Å². The van der Waals surface area contributed by atoms with E-state index >= 15 is 0 Å². The predicted molar refractivity (Wildman–Crippen MR) is 103 cm³/mol. The van der Waals surface area contributed by atoms with Crippen molar-refractivity contribution in [2.75, 3.05) is 23.7 Å². The van der Waals surface area contributed by atoms with Gasteiger partial charge in [-0.2, -0.15) is 0 Å². The van der Waals surface area contributed by atoms with E-state index in [1.807, 2.05) is 18.2 Å². The molecular formula is C15H12N2Na2O6S4. The average Bonchev–Trinajstić information content (AvgIpc) is 3.06. The fourth-order valence-corrected chi connectivity index (χ4v) is 5.69. The molecule has 1 saturated heterocycles. The molecule has 0 aromatic heterocycles. The second-order valence-corrected chi connectivity index (χ2v) is 9.80. The average molecular weight is 491 g/mol. The molecule has 0 N–H and O–H groups in total. The van der Waals surface area contributed by atoms with Crippen molar-refractivity contribution in [2.45, 2.75) is 11.3 Å². The third-order valence-corrected chi connectivity index (χ3v) is 7.25. The molecular weight excluding hydrogens is 478 g/mol. The van der Waals surface area contributed by atoms with E-state index in [4.69, 9.17) is 12.2 Å². The van der Waals surface area contributed by atoms with Crippen molar-refractivity contribution in [1.82, 2.24) is 4.90 Å². The summed E-state index contributed by atoms with van der Waals surface area (Å²) in [4.78, 5) is 27.4. The Labute approximate surface area is 226 Å². The molecule has 0 atom stereocenters. The second-order valence-electron chi connectivity index (χ2n) is 5.60. The number of carbonyl (C=O) groups excluding carboxylic acids is 2. The van der Waals surface area contributed by atoms with Crippen molar-refractivity contribution in [3.63, 3.8) is 0 Å². The predicted octanol–water partition coefficient (Wildman–Crippen LogP) is -5.68. The maximum absolute atomic E-state index is 12.7. The van der Waals surface area contributed by atoms with Crippen molar-refractivity contribution < 1.29 is 86.8 Å². The number of thioether (sulfide) groups is 2. The van der Waals surface area contributed by atoms with Gasteiger partial charge in [0.2, 0.25) is 0 Å². The number of anilines is 1. The second kappa shape index (κ2) is 11.3. The summed E-state index contributed by atoms with van der Waals surface area (Å²) >= 11 is 7.41. The summed E-state index contributed by atoms with van der Waals surface area (Å²) in [5.41, 5.74) is 0.783. The normalized spacial score (nSPS) is 18.4. The van der Waals surface area contributed by atoms with E-state index in [1.54, 1.807) is 11.0 Å². The Balaban J connectivity index is 0.00000210. The molecule has 3 rings (SSSR count). The number of rotatable bonds is 6. The molecule has 144 valence electrons. The Morgan fingerprint density at radius 2 is 1.79 bits per heavy atom. The number of para-hydroxylation sites is 1. The Morgan fingerprint density at radius 1 is 1.14 bits per heavy atom. The molecule has 1 fully saturated rings. The first-order valence-corrected chi connectivity index (χ1v) is 11.2. The number of hydrogen-bond donors (Lipinski definition) is 0. The van der Waals surface area contributed by atoms with Crippen LogP contribution in [0.4, 0.5) is 5.69 Å². The first-order valence-electron chi connectivity index (χ1n) is 7.63. The van der Waals surface area contributed by atoms with Gasteiger partial charge in [-0.3, -0.25) is 9.69 Å². The molecule has 2 heterocycles. The third kappa shape index (κ3) is 6.69. The monoisotopic (exact) mass is 490 g/mol. The Hall–Kier alpha value is 0.400. The van der Waals surface area contributed by atoms with E-state index in [-0.39, 0.29) is 81.3 Å². The molecule has 1 aromatic carbocycles. The quantitative estimate of drug-likeness (QED) is 0.165. The van der Waals surface area contributed by atoms with Crippen molar-refractivity contribution >= 4 is 67.7 Å². The van der Waals surface area contributed by atoms with E-state index < -0.39 is 34.3 Å². The van der Waals surface area contributed by atoms with Crippen LogP contribution < -0.4 is 69.1 Å². The number of thiocarbonyl (C=S) groups is 1. The molecule has 0 spiro atoms. The van der Waals surface area contributed by atoms with E-state index in [0.717, 1.165) is 27.2 Å². The summed E-state index contributed by atoms with van der Waals surface area (Å²) < 4.78 is 32.8. The summed E-state index contributed by atoms with van der Waals surface area (Å²) in [6.45, 7) is -0.418. The number of amides is 1. The third-order valence-electron chi connectivity index (χ3n) is 3.71. The van der Waals surface area contributed by atoms with Gasteiger partial charge in [-0.05, 0) is 18.6 Å². The first-order chi connectivity index (χ1) is 12.7. The summed E-state index contributed by atoms with van der Waals surface area (Å²) in [6.07, 6.45) is 0.0869. The molecule has 0 bridgehead atoms. The molecule has 14 heteroatoms. The fraction of sp³-hybridized carbons (Fsp3) is 0.267. The minimum absolute atomic E-state index is 0. The van der Waals surface area contributed by atoms with Crippen LogP contribution in [-0.4, -0.2) is 52.9 Å². The Bertz CT molecular complexity index is 969. The van der Waals surface area contributed by atoms with Crippen LogP contribution in [0.1, 0.15) is 6.42 Å². The molecule has 0 radical (unpaired) electrons. The van der Waals surface area contributed by atoms with Gasteiger partial charge in [0.25, 0.3) is 5.91 Å². The van der Waals surface area contributed by atoms with Crippen molar-refractivity contribution in [3.05, 3.63) is 34.2 Å². The standard InChI is InChI=1S/C15H14N2O6S4.2Na/c18-11(19)8-17-13(20)12(26-15(17)24)14-16(6-3-7-27(21,22)23)9-4-1-2-5-10(9)25-14;;/h1-2,4-5H,3,6-8H2,(H,18,19)(H,21,22,23);;/q;2*+1/p-2/b14-12-;;. The molecule has 29 heavy (non-hydrogen) atoms. The zero-order valence-electron chi connectivity index (χ0n) is 15.6. The molecule has 8 nitrogen and oxygen atoms in total. The smallest absolute Gasteiger partial charge is 0.748 e. The van der Waals surface area contributed by atoms with Gasteiger partial charge in [-0.1, -0.05) is 47.9 Å². The van der Waals surface area contributed by atoms with Crippen LogP contribution in [0.2, 0.25) is 0 Å². The fourth-order valence-electron chi connectivity index (χ4n) is 2.62. The van der Waals surface area contributed by atoms with Gasteiger partial charge < -0.3 is 19.4 Å². The van der Waals surface area contributed by atoms with Crippen LogP contribution in [0.5, 0.6) is 0 Å². The molecule has 0 unspecified atom stereocenters. The maximum atomic E-state index is 12.7. The Morgan fingerprint density at radius 3 is 2.41 bits per heavy atom. The summed E-state index contributed by atoms with van der Waals surface area (Å²) in [5.74, 6) is -2.47. The number of carboxylic acid groups (broad SMARTS) is 1. The molecule has 2 aliphatic heterocycles. The van der Waals surface area contributed by atoms with Gasteiger partial charge in [0.05, 0.1) is 28.3 Å². The number of carboxylic acids is 1. The number of benzene rings is 1. The number of aliphatic carboxylic acids is 1. The van der Waals surface area contributed by atoms with Crippen LogP contribution in [0.15, 0.2) is 39.1 Å². The van der Waals surface area contributed by atoms with Gasteiger partial charge in [0.1, 0.15) is 14.3 Å². The van der Waals surface area contributed by atoms with Gasteiger partial charge >= 0.3 is 59.1 Å². The number of fused-ring (bicyclic) bond motifs is 1. The van der Waals surface area contributed by atoms with Gasteiger partial charge in [-0.25, -0.2) is 8.42 Å². The summed E-state index contributed by atoms with van der Waals surface area (Å²) in [6, 6.07) is 7.31. The van der Waals surface area contributed by atoms with Crippen molar-refractivity contribution in [1.29, 1.82) is 0 Å². The maximum Gasteiger partial charge on any atom is 1.00 e. The molecule has 1 amide bonds. The van der Waals surface area contributed by atoms with E-state index in [1.165, 1.54) is 11.8 Å². The van der Waals surface area contributed by atoms with Crippen molar-refractivity contribution in [2.24, 2.45) is 0 Å². The summed E-state index contributed by atoms with van der Waals surface area (Å²) in [7, 11) is -4.34. The van der Waals surface area contributed by atoms with E-state index in [9.17, 15) is 27.7 Å². The zero-order chi connectivity index (χ0) is 19.8. The van der Waals surface area contributed by atoms with Crippen LogP contribution in [0.3, 0.4) is 0 Å². The molecule has 2 aliphatic rings. The Kier molecular flexibility index (Phi) is 10.7. The van der Waals surface area contributed by atoms with Crippen molar-refractivity contribution in [3.8, 4) is 0 Å². The first kappa shape index (κ1) is 27.4. The summed E-state index contributed by atoms with van der Waals surface area (Å²) in [5, 5.41) is 11.4. The molecule has 0 saturated carbocycles. The number of hydrogen-bond acceptors (Lipinski definition) is 10. The van der Waals surface area contributed by atoms with Crippen LogP contribution in [0.25, 0.3) is 0 Å². The van der Waals surface area contributed by atoms with Gasteiger partial charge in [0, 0.05) is 17.2 Å². The van der Waals surface area contributed by atoms with Gasteiger partial charge in [-0.15, -0.1) is 0 Å². The van der Waals surface area contributed by atoms with Crippen LogP contribution in [0, 0.1) is 0 Å². The van der Waals surface area contributed by atoms with Gasteiger partial charge in [0.15, 0.2) is 0 Å². The van der Waals surface area contributed by atoms with Crippen LogP contribution >= 0.6 is 35.7 Å². The topological polar surface area (TPSA) is 121 Å². The van der Waals surface area contributed by atoms with E-state index in [0.29, 0.717) is 5.03 Å². The minimum Gasteiger partial charge on any atom is -0.748 e. The zero-order valence-corrected chi connectivity index (χ0v) is 22.9. The number of carbonyl (C=O) groups is 2. The molecule has 1 aromatic rings.